The number of rotatable bonds is 4. The number of nitrogens with zero attached hydrogens (tertiary/aromatic N) is 3. The first-order chi connectivity index (χ1) is 6.95. The van der Waals surface area contributed by atoms with E-state index in [1.165, 1.54) is 6.39 Å². The standard InChI is InChI=1S/C9H10N4O/c1-2-8(4-10-3-1)5-11-6-9-12-7-14-13-9/h1-4,7,11H,5-6H2. The van der Waals surface area contributed by atoms with E-state index in [1.807, 2.05) is 18.3 Å². The molecular weight excluding hydrogens is 180 g/mol. The molecule has 0 amide bonds. The zero-order valence-corrected chi connectivity index (χ0v) is 7.55. The zero-order valence-electron chi connectivity index (χ0n) is 7.55. The van der Waals surface area contributed by atoms with Crippen LogP contribution in [0.1, 0.15) is 11.4 Å². The molecule has 14 heavy (non-hydrogen) atoms. The van der Waals surface area contributed by atoms with Gasteiger partial charge in [-0.05, 0) is 11.6 Å². The van der Waals surface area contributed by atoms with Gasteiger partial charge in [-0.2, -0.15) is 4.98 Å². The zero-order chi connectivity index (χ0) is 9.64. The average Bonchev–Trinajstić information content (AvgIpc) is 2.72. The van der Waals surface area contributed by atoms with Crippen LogP contribution in [0.3, 0.4) is 0 Å². The highest BCUT2D eigenvalue weighted by Crippen LogP contribution is 1.95. The van der Waals surface area contributed by atoms with Gasteiger partial charge in [-0.1, -0.05) is 11.2 Å². The fraction of sp³-hybridized carbons (Fsp3) is 0.222. The summed E-state index contributed by atoms with van der Waals surface area (Å²) in [7, 11) is 0. The Balaban J connectivity index is 1.79. The van der Waals surface area contributed by atoms with Crippen LogP contribution < -0.4 is 5.32 Å². The number of pyridine rings is 1. The van der Waals surface area contributed by atoms with E-state index in [9.17, 15) is 0 Å². The van der Waals surface area contributed by atoms with Crippen LogP contribution in [0.25, 0.3) is 0 Å². The highest BCUT2D eigenvalue weighted by Gasteiger charge is 1.97. The van der Waals surface area contributed by atoms with E-state index in [0.717, 1.165) is 12.1 Å². The van der Waals surface area contributed by atoms with E-state index < -0.39 is 0 Å². The largest absolute Gasteiger partial charge is 0.343 e. The van der Waals surface area contributed by atoms with Gasteiger partial charge in [0.15, 0.2) is 5.82 Å². The molecule has 0 aromatic carbocycles. The van der Waals surface area contributed by atoms with Crippen LogP contribution in [-0.4, -0.2) is 15.1 Å². The van der Waals surface area contributed by atoms with Crippen molar-refractivity contribution in [3.8, 4) is 0 Å². The molecule has 2 heterocycles. The Labute approximate surface area is 81.2 Å². The molecule has 72 valence electrons. The summed E-state index contributed by atoms with van der Waals surface area (Å²) >= 11 is 0. The van der Waals surface area contributed by atoms with Gasteiger partial charge >= 0.3 is 0 Å². The molecule has 5 nitrogen and oxygen atoms in total. The smallest absolute Gasteiger partial charge is 0.213 e. The molecule has 1 N–H and O–H groups in total. The molecule has 0 bridgehead atoms. The van der Waals surface area contributed by atoms with Crippen molar-refractivity contribution in [2.24, 2.45) is 0 Å². The Kier molecular flexibility index (Phi) is 2.82. The third-order valence-electron chi connectivity index (χ3n) is 1.74. The first-order valence-corrected chi connectivity index (χ1v) is 4.30. The summed E-state index contributed by atoms with van der Waals surface area (Å²) in [6, 6.07) is 3.92. The maximum Gasteiger partial charge on any atom is 0.213 e. The van der Waals surface area contributed by atoms with Gasteiger partial charge in [-0.25, -0.2) is 0 Å². The minimum absolute atomic E-state index is 0.603. The second-order valence-electron chi connectivity index (χ2n) is 2.81. The van der Waals surface area contributed by atoms with Crippen LogP contribution in [0, 0.1) is 0 Å². The van der Waals surface area contributed by atoms with Crippen LogP contribution >= 0.6 is 0 Å². The minimum Gasteiger partial charge on any atom is -0.343 e. The van der Waals surface area contributed by atoms with E-state index >= 15 is 0 Å². The van der Waals surface area contributed by atoms with Crippen LogP contribution in [0.2, 0.25) is 0 Å². The minimum atomic E-state index is 0.603. The monoisotopic (exact) mass is 190 g/mol. The number of aromatic nitrogens is 3. The summed E-state index contributed by atoms with van der Waals surface area (Å²) in [6.45, 7) is 1.35. The highest BCUT2D eigenvalue weighted by molar-refractivity contribution is 5.07. The van der Waals surface area contributed by atoms with E-state index in [1.54, 1.807) is 6.20 Å². The van der Waals surface area contributed by atoms with Gasteiger partial charge in [0.05, 0.1) is 6.54 Å². The molecule has 2 aromatic heterocycles. The first kappa shape index (κ1) is 8.83. The van der Waals surface area contributed by atoms with Gasteiger partial charge < -0.3 is 9.84 Å². The van der Waals surface area contributed by atoms with Crippen LogP contribution in [0.15, 0.2) is 35.4 Å². The maximum absolute atomic E-state index is 4.60. The summed E-state index contributed by atoms with van der Waals surface area (Å²) < 4.78 is 4.60. The quantitative estimate of drug-likeness (QED) is 0.770. The van der Waals surface area contributed by atoms with Gasteiger partial charge in [0.2, 0.25) is 6.39 Å². The molecule has 0 saturated carbocycles. The molecule has 0 aliphatic heterocycles. The van der Waals surface area contributed by atoms with Gasteiger partial charge in [0.25, 0.3) is 0 Å². The molecule has 5 heteroatoms. The SMILES string of the molecule is c1cncc(CNCc2ncon2)c1. The second-order valence-corrected chi connectivity index (χ2v) is 2.81. The van der Waals surface area contributed by atoms with Gasteiger partial charge in [-0.15, -0.1) is 0 Å². The lowest BCUT2D eigenvalue weighted by Gasteiger charge is -2.00. The van der Waals surface area contributed by atoms with Crippen molar-refractivity contribution < 1.29 is 4.52 Å². The summed E-state index contributed by atoms with van der Waals surface area (Å²) in [5, 5.41) is 6.86. The van der Waals surface area contributed by atoms with E-state index in [4.69, 9.17) is 0 Å². The lowest BCUT2D eigenvalue weighted by Crippen LogP contribution is -2.13. The Morgan fingerprint density at radius 3 is 3.07 bits per heavy atom. The number of hydrogen-bond acceptors (Lipinski definition) is 5. The predicted molar refractivity (Wildman–Crippen MR) is 49.1 cm³/mol. The highest BCUT2D eigenvalue weighted by atomic mass is 16.5. The summed E-state index contributed by atoms with van der Waals surface area (Å²) in [5.74, 6) is 0.661. The normalized spacial score (nSPS) is 10.3. The molecule has 2 aromatic rings. The first-order valence-electron chi connectivity index (χ1n) is 4.30. The lowest BCUT2D eigenvalue weighted by molar-refractivity contribution is 0.407. The lowest BCUT2D eigenvalue weighted by atomic mass is 10.3. The number of nitrogens with one attached hydrogen (secondary N) is 1. The van der Waals surface area contributed by atoms with Crippen LogP contribution in [0.5, 0.6) is 0 Å². The van der Waals surface area contributed by atoms with Gasteiger partial charge in [-0.3, -0.25) is 4.98 Å². The molecule has 0 fully saturated rings. The number of hydrogen-bond donors (Lipinski definition) is 1. The van der Waals surface area contributed by atoms with Gasteiger partial charge in [0.1, 0.15) is 0 Å². The second kappa shape index (κ2) is 4.48. The molecule has 0 aliphatic rings. The average molecular weight is 190 g/mol. The summed E-state index contributed by atoms with van der Waals surface area (Å²) in [4.78, 5) is 7.90. The third-order valence-corrected chi connectivity index (χ3v) is 1.74. The van der Waals surface area contributed by atoms with Crippen molar-refractivity contribution in [3.05, 3.63) is 42.3 Å². The summed E-state index contributed by atoms with van der Waals surface area (Å²) in [5.41, 5.74) is 1.14. The topological polar surface area (TPSA) is 63.8 Å². The van der Waals surface area contributed by atoms with Crippen molar-refractivity contribution in [1.29, 1.82) is 0 Å². The van der Waals surface area contributed by atoms with Crippen molar-refractivity contribution in [1.82, 2.24) is 20.4 Å². The molecule has 0 unspecified atom stereocenters. The molecular formula is C9H10N4O. The Bertz CT molecular complexity index is 360. The fourth-order valence-corrected chi connectivity index (χ4v) is 1.09. The molecule has 0 aliphatic carbocycles. The van der Waals surface area contributed by atoms with Crippen LogP contribution in [0.4, 0.5) is 0 Å². The van der Waals surface area contributed by atoms with Crippen molar-refractivity contribution in [2.45, 2.75) is 13.1 Å². The van der Waals surface area contributed by atoms with Crippen molar-refractivity contribution >= 4 is 0 Å². The predicted octanol–water partition coefficient (Wildman–Crippen LogP) is 0.754. The van der Waals surface area contributed by atoms with E-state index in [0.29, 0.717) is 12.4 Å². The Morgan fingerprint density at radius 1 is 1.36 bits per heavy atom. The van der Waals surface area contributed by atoms with E-state index in [-0.39, 0.29) is 0 Å². The molecule has 0 saturated heterocycles. The molecule has 0 spiro atoms. The molecule has 0 atom stereocenters. The van der Waals surface area contributed by atoms with Crippen molar-refractivity contribution in [3.63, 3.8) is 0 Å². The van der Waals surface area contributed by atoms with E-state index in [2.05, 4.69) is 25.0 Å². The van der Waals surface area contributed by atoms with Crippen LogP contribution in [-0.2, 0) is 13.1 Å². The maximum atomic E-state index is 4.60. The van der Waals surface area contributed by atoms with Gasteiger partial charge in [0, 0.05) is 18.9 Å². The fourth-order valence-electron chi connectivity index (χ4n) is 1.09. The Morgan fingerprint density at radius 2 is 2.36 bits per heavy atom. The van der Waals surface area contributed by atoms with Crippen molar-refractivity contribution in [2.75, 3.05) is 0 Å². The third kappa shape index (κ3) is 2.37. The Hall–Kier alpha value is -1.75. The molecule has 0 radical (unpaired) electrons. The molecule has 2 rings (SSSR count). The summed E-state index contributed by atoms with van der Waals surface area (Å²) in [6.07, 6.45) is 4.90.